The number of hydrogen-bond acceptors (Lipinski definition) is 3. The van der Waals surface area contributed by atoms with E-state index in [0.29, 0.717) is 12.2 Å². The first-order valence-electron chi connectivity index (χ1n) is 9.11. The Morgan fingerprint density at radius 3 is 2.82 bits per heavy atom. The van der Waals surface area contributed by atoms with Crippen molar-refractivity contribution in [1.29, 1.82) is 0 Å². The minimum atomic E-state index is -0.297. The molecule has 0 aliphatic heterocycles. The third-order valence-electron chi connectivity index (χ3n) is 4.63. The Balaban J connectivity index is 1.35. The zero-order chi connectivity index (χ0) is 19.5. The molecule has 0 bridgehead atoms. The van der Waals surface area contributed by atoms with Crippen LogP contribution in [0.1, 0.15) is 22.7 Å². The number of hydrogen-bond donors (Lipinski definition) is 1. The number of amides is 1. The van der Waals surface area contributed by atoms with Gasteiger partial charge in [0.05, 0.1) is 17.4 Å². The third-order valence-corrected chi connectivity index (χ3v) is 4.63. The number of fused-ring (bicyclic) bond motifs is 1. The highest BCUT2D eigenvalue weighted by Gasteiger charge is 2.14. The lowest BCUT2D eigenvalue weighted by molar-refractivity contribution is 0.0947. The van der Waals surface area contributed by atoms with E-state index in [1.807, 2.05) is 30.6 Å². The van der Waals surface area contributed by atoms with E-state index >= 15 is 0 Å². The highest BCUT2D eigenvalue weighted by molar-refractivity contribution is 5.93. The van der Waals surface area contributed by atoms with Gasteiger partial charge < -0.3 is 9.72 Å². The summed E-state index contributed by atoms with van der Waals surface area (Å²) in [6.45, 7) is 0.531. The highest BCUT2D eigenvalue weighted by Crippen LogP contribution is 2.20. The zero-order valence-electron chi connectivity index (χ0n) is 15.5. The van der Waals surface area contributed by atoms with Crippen LogP contribution in [0.4, 0.5) is 4.39 Å². The van der Waals surface area contributed by atoms with E-state index in [9.17, 15) is 9.18 Å². The predicted molar refractivity (Wildman–Crippen MR) is 104 cm³/mol. The Hall–Kier alpha value is -3.48. The van der Waals surface area contributed by atoms with Crippen LogP contribution in [-0.2, 0) is 13.5 Å². The third kappa shape index (κ3) is 3.64. The summed E-state index contributed by atoms with van der Waals surface area (Å²) < 4.78 is 16.8. The van der Waals surface area contributed by atoms with E-state index in [1.165, 1.54) is 12.1 Å². The second-order valence-electron chi connectivity index (χ2n) is 6.57. The Morgan fingerprint density at radius 2 is 2.00 bits per heavy atom. The van der Waals surface area contributed by atoms with Crippen LogP contribution in [0.15, 0.2) is 60.9 Å². The number of benzene rings is 1. The first-order valence-corrected chi connectivity index (χ1v) is 9.11. The van der Waals surface area contributed by atoms with Crippen molar-refractivity contribution in [3.8, 4) is 11.3 Å². The van der Waals surface area contributed by atoms with Gasteiger partial charge in [-0.3, -0.25) is 9.48 Å². The maximum absolute atomic E-state index is 13.1. The van der Waals surface area contributed by atoms with Crippen LogP contribution < -0.4 is 5.32 Å². The van der Waals surface area contributed by atoms with Crippen molar-refractivity contribution in [1.82, 2.24) is 24.5 Å². The number of aryl methyl sites for hydroxylation is 2. The van der Waals surface area contributed by atoms with Gasteiger partial charge in [-0.05, 0) is 54.4 Å². The number of imidazole rings is 1. The van der Waals surface area contributed by atoms with E-state index in [-0.39, 0.29) is 11.7 Å². The fourth-order valence-corrected chi connectivity index (χ4v) is 3.19. The quantitative estimate of drug-likeness (QED) is 0.525. The number of rotatable bonds is 6. The summed E-state index contributed by atoms with van der Waals surface area (Å²) in [7, 11) is 1.76. The molecule has 3 heterocycles. The number of carbonyl (C=O) groups is 1. The van der Waals surface area contributed by atoms with E-state index in [0.717, 1.165) is 35.4 Å². The molecule has 0 spiro atoms. The number of aromatic nitrogens is 4. The smallest absolute Gasteiger partial charge is 0.271 e. The van der Waals surface area contributed by atoms with Crippen molar-refractivity contribution in [3.05, 3.63) is 78.3 Å². The lowest BCUT2D eigenvalue weighted by Gasteiger charge is -2.03. The maximum Gasteiger partial charge on any atom is 0.271 e. The molecular formula is C21H20FN5O. The summed E-state index contributed by atoms with van der Waals surface area (Å²) in [6, 6.07) is 13.8. The Kier molecular flexibility index (Phi) is 4.89. The fourth-order valence-electron chi connectivity index (χ4n) is 3.19. The summed E-state index contributed by atoms with van der Waals surface area (Å²) in [5.41, 5.74) is 2.96. The van der Waals surface area contributed by atoms with Gasteiger partial charge in [0.25, 0.3) is 5.91 Å². The average Bonchev–Trinajstić information content (AvgIpc) is 3.29. The number of nitrogens with zero attached hydrogens (tertiary/aromatic N) is 4. The number of nitrogens with one attached hydrogen (secondary N) is 1. The molecule has 0 aliphatic rings. The molecule has 4 rings (SSSR count). The maximum atomic E-state index is 13.1. The van der Waals surface area contributed by atoms with Gasteiger partial charge in [-0.1, -0.05) is 6.07 Å². The molecule has 1 N–H and O–H groups in total. The SMILES string of the molecule is Cn1nc(C(=O)NCCCc2ncc3ccccn23)cc1-c1ccc(F)cc1. The van der Waals surface area contributed by atoms with Gasteiger partial charge in [-0.15, -0.1) is 0 Å². The molecule has 3 aromatic heterocycles. The summed E-state index contributed by atoms with van der Waals surface area (Å²) in [4.78, 5) is 16.8. The van der Waals surface area contributed by atoms with Gasteiger partial charge in [0, 0.05) is 26.2 Å². The molecular weight excluding hydrogens is 357 g/mol. The highest BCUT2D eigenvalue weighted by atomic mass is 19.1. The van der Waals surface area contributed by atoms with Crippen molar-refractivity contribution in [3.63, 3.8) is 0 Å². The molecule has 7 heteroatoms. The van der Waals surface area contributed by atoms with Crippen molar-refractivity contribution in [2.24, 2.45) is 7.05 Å². The van der Waals surface area contributed by atoms with Crippen LogP contribution in [0, 0.1) is 5.82 Å². The standard InChI is InChI=1S/C21H20FN5O/c1-26-19(15-7-9-16(22)10-8-15)13-18(25-26)21(28)23-11-4-6-20-24-14-17-5-2-3-12-27(17)20/h2-3,5,7-10,12-14H,4,6,11H2,1H3,(H,23,28). The molecule has 4 aromatic rings. The van der Waals surface area contributed by atoms with Crippen LogP contribution in [0.5, 0.6) is 0 Å². The molecule has 0 radical (unpaired) electrons. The van der Waals surface area contributed by atoms with Gasteiger partial charge >= 0.3 is 0 Å². The minimum absolute atomic E-state index is 0.225. The van der Waals surface area contributed by atoms with Crippen molar-refractivity contribution >= 4 is 11.4 Å². The van der Waals surface area contributed by atoms with Crippen LogP contribution in [0.3, 0.4) is 0 Å². The first kappa shape index (κ1) is 17.9. The van der Waals surface area contributed by atoms with E-state index in [4.69, 9.17) is 0 Å². The lowest BCUT2D eigenvalue weighted by atomic mass is 10.1. The molecule has 28 heavy (non-hydrogen) atoms. The molecule has 0 saturated heterocycles. The normalized spacial score (nSPS) is 11.1. The van der Waals surface area contributed by atoms with Gasteiger partial charge in [0.2, 0.25) is 0 Å². The molecule has 1 amide bonds. The molecule has 142 valence electrons. The van der Waals surface area contributed by atoms with E-state index in [2.05, 4.69) is 19.8 Å². The zero-order valence-corrected chi connectivity index (χ0v) is 15.5. The van der Waals surface area contributed by atoms with E-state index < -0.39 is 0 Å². The summed E-state index contributed by atoms with van der Waals surface area (Å²) in [5.74, 6) is 0.451. The Morgan fingerprint density at radius 1 is 1.18 bits per heavy atom. The molecule has 0 fully saturated rings. The Labute approximate surface area is 161 Å². The van der Waals surface area contributed by atoms with Crippen LogP contribution in [0.25, 0.3) is 16.8 Å². The molecule has 0 aliphatic carbocycles. The summed E-state index contributed by atoms with van der Waals surface area (Å²) >= 11 is 0. The van der Waals surface area contributed by atoms with Crippen molar-refractivity contribution in [2.45, 2.75) is 12.8 Å². The fraction of sp³-hybridized carbons (Fsp3) is 0.190. The van der Waals surface area contributed by atoms with Crippen LogP contribution >= 0.6 is 0 Å². The van der Waals surface area contributed by atoms with Gasteiger partial charge in [-0.25, -0.2) is 9.37 Å². The largest absolute Gasteiger partial charge is 0.351 e. The predicted octanol–water partition coefficient (Wildman–Crippen LogP) is 3.24. The lowest BCUT2D eigenvalue weighted by Crippen LogP contribution is -2.25. The van der Waals surface area contributed by atoms with Gasteiger partial charge in [0.1, 0.15) is 11.6 Å². The number of carbonyl (C=O) groups excluding carboxylic acids is 1. The van der Waals surface area contributed by atoms with Crippen molar-refractivity contribution < 1.29 is 9.18 Å². The monoisotopic (exact) mass is 377 g/mol. The van der Waals surface area contributed by atoms with E-state index in [1.54, 1.807) is 29.9 Å². The average molecular weight is 377 g/mol. The topological polar surface area (TPSA) is 64.2 Å². The molecule has 1 aromatic carbocycles. The molecule has 6 nitrogen and oxygen atoms in total. The number of pyridine rings is 1. The van der Waals surface area contributed by atoms with Gasteiger partial charge in [-0.2, -0.15) is 5.10 Å². The molecule has 0 saturated carbocycles. The molecule has 0 atom stereocenters. The van der Waals surface area contributed by atoms with Crippen LogP contribution in [-0.4, -0.2) is 31.6 Å². The summed E-state index contributed by atoms with van der Waals surface area (Å²) in [6.07, 6.45) is 5.37. The minimum Gasteiger partial charge on any atom is -0.351 e. The van der Waals surface area contributed by atoms with Gasteiger partial charge in [0.15, 0.2) is 5.69 Å². The Bertz CT molecular complexity index is 1110. The van der Waals surface area contributed by atoms with Crippen LogP contribution in [0.2, 0.25) is 0 Å². The molecule has 0 unspecified atom stereocenters. The summed E-state index contributed by atoms with van der Waals surface area (Å²) in [5, 5.41) is 7.17. The number of halogens is 1. The second kappa shape index (κ2) is 7.64. The first-order chi connectivity index (χ1) is 13.6. The second-order valence-corrected chi connectivity index (χ2v) is 6.57. The van der Waals surface area contributed by atoms with Crippen molar-refractivity contribution in [2.75, 3.05) is 6.54 Å².